The lowest BCUT2D eigenvalue weighted by molar-refractivity contribution is -0.135. The molecule has 0 spiro atoms. The van der Waals surface area contributed by atoms with Gasteiger partial charge < -0.3 is 9.64 Å². The van der Waals surface area contributed by atoms with Crippen molar-refractivity contribution in [2.24, 2.45) is 0 Å². The monoisotopic (exact) mass is 284 g/mol. The Morgan fingerprint density at radius 2 is 2.00 bits per heavy atom. The van der Waals surface area contributed by atoms with Crippen LogP contribution in [0.3, 0.4) is 0 Å². The van der Waals surface area contributed by atoms with Gasteiger partial charge in [0, 0.05) is 31.9 Å². The van der Waals surface area contributed by atoms with Gasteiger partial charge in [-0.1, -0.05) is 0 Å². The van der Waals surface area contributed by atoms with E-state index in [9.17, 15) is 13.2 Å². The third-order valence-corrected chi connectivity index (χ3v) is 4.17. The Bertz CT molecular complexity index is 341. The first-order chi connectivity index (χ1) is 8.05. The molecule has 1 rings (SSSR count). The van der Waals surface area contributed by atoms with Crippen LogP contribution in [0.1, 0.15) is 6.42 Å². The van der Waals surface area contributed by atoms with Crippen molar-refractivity contribution < 1.29 is 17.9 Å². The summed E-state index contributed by atoms with van der Waals surface area (Å²) in [5, 5.41) is 0. The maximum atomic E-state index is 11.7. The summed E-state index contributed by atoms with van der Waals surface area (Å²) in [4.78, 5) is 13.3. The van der Waals surface area contributed by atoms with E-state index < -0.39 is 10.0 Å². The third kappa shape index (κ3) is 5.67. The van der Waals surface area contributed by atoms with Crippen molar-refractivity contribution in [1.29, 1.82) is 0 Å². The molecule has 1 N–H and O–H groups in total. The maximum Gasteiger partial charge on any atom is 0.224 e. The van der Waals surface area contributed by atoms with Gasteiger partial charge in [0.1, 0.15) is 0 Å². The largest absolute Gasteiger partial charge is 0.378 e. The van der Waals surface area contributed by atoms with Gasteiger partial charge in [0.25, 0.3) is 0 Å². The zero-order valence-corrected chi connectivity index (χ0v) is 11.1. The summed E-state index contributed by atoms with van der Waals surface area (Å²) in [6.07, 6.45) is 0.168. The number of hydrogen-bond acceptors (Lipinski definition) is 4. The van der Waals surface area contributed by atoms with E-state index >= 15 is 0 Å². The summed E-state index contributed by atoms with van der Waals surface area (Å²) in [6.45, 7) is 2.36. The van der Waals surface area contributed by atoms with E-state index in [4.69, 9.17) is 16.3 Å². The smallest absolute Gasteiger partial charge is 0.224 e. The number of morpholine rings is 1. The molecular weight excluding hydrogens is 268 g/mol. The summed E-state index contributed by atoms with van der Waals surface area (Å²) >= 11 is 5.34. The van der Waals surface area contributed by atoms with Crippen molar-refractivity contribution in [3.05, 3.63) is 0 Å². The number of nitrogens with one attached hydrogen (secondary N) is 1. The first-order valence-corrected chi connectivity index (χ1v) is 7.62. The van der Waals surface area contributed by atoms with Gasteiger partial charge in [0.15, 0.2) is 0 Å². The van der Waals surface area contributed by atoms with Gasteiger partial charge in [-0.25, -0.2) is 13.1 Å². The first-order valence-electron chi connectivity index (χ1n) is 5.44. The van der Waals surface area contributed by atoms with Gasteiger partial charge >= 0.3 is 0 Å². The minimum Gasteiger partial charge on any atom is -0.378 e. The number of amides is 1. The van der Waals surface area contributed by atoms with Crippen LogP contribution in [0, 0.1) is 0 Å². The van der Waals surface area contributed by atoms with E-state index in [2.05, 4.69) is 4.72 Å². The Balaban J connectivity index is 2.24. The highest BCUT2D eigenvalue weighted by Crippen LogP contribution is 1.99. The Hall–Kier alpha value is -0.370. The number of sulfonamides is 1. The van der Waals surface area contributed by atoms with Gasteiger partial charge in [-0.05, 0) is 0 Å². The molecule has 0 aromatic carbocycles. The number of rotatable bonds is 6. The molecule has 0 atom stereocenters. The molecule has 8 heteroatoms. The van der Waals surface area contributed by atoms with Gasteiger partial charge in [0.05, 0.1) is 19.0 Å². The Kier molecular flexibility index (Phi) is 6.18. The second-order valence-corrected chi connectivity index (χ2v) is 5.95. The zero-order valence-electron chi connectivity index (χ0n) is 9.52. The highest BCUT2D eigenvalue weighted by molar-refractivity contribution is 7.89. The molecule has 1 aliphatic heterocycles. The molecular formula is C9H17ClN2O4S. The second kappa shape index (κ2) is 7.15. The van der Waals surface area contributed by atoms with Gasteiger partial charge in [-0.15, -0.1) is 11.6 Å². The molecule has 1 amide bonds. The van der Waals surface area contributed by atoms with Gasteiger partial charge in [-0.2, -0.15) is 0 Å². The summed E-state index contributed by atoms with van der Waals surface area (Å²) in [5.74, 6) is -0.130. The molecule has 0 aromatic rings. The molecule has 0 saturated carbocycles. The van der Waals surface area contributed by atoms with E-state index in [1.165, 1.54) is 0 Å². The average molecular weight is 285 g/mol. The van der Waals surface area contributed by atoms with Crippen molar-refractivity contribution in [1.82, 2.24) is 9.62 Å². The normalized spacial score (nSPS) is 17.1. The molecule has 0 unspecified atom stereocenters. The Morgan fingerprint density at radius 3 is 2.59 bits per heavy atom. The standard InChI is InChI=1S/C9H17ClN2O4S/c10-2-8-17(14,15)11-3-1-9(13)12-4-6-16-7-5-12/h11H,1-8H2. The molecule has 6 nitrogen and oxygen atoms in total. The van der Waals surface area contributed by atoms with E-state index in [0.29, 0.717) is 26.3 Å². The van der Waals surface area contributed by atoms with Crippen molar-refractivity contribution in [2.45, 2.75) is 6.42 Å². The minimum absolute atomic E-state index is 0.0484. The molecule has 0 aliphatic carbocycles. The fourth-order valence-electron chi connectivity index (χ4n) is 1.46. The van der Waals surface area contributed by atoms with Crippen molar-refractivity contribution in [3.63, 3.8) is 0 Å². The zero-order chi connectivity index (χ0) is 12.7. The molecule has 100 valence electrons. The van der Waals surface area contributed by atoms with Crippen molar-refractivity contribution >= 4 is 27.5 Å². The number of alkyl halides is 1. The number of carbonyl (C=O) groups is 1. The summed E-state index contributed by atoms with van der Waals surface area (Å²) in [7, 11) is -3.34. The number of carbonyl (C=O) groups excluding carboxylic acids is 1. The van der Waals surface area contributed by atoms with Crippen molar-refractivity contribution in [3.8, 4) is 0 Å². The SMILES string of the molecule is O=C(CCNS(=O)(=O)CCCl)N1CCOCC1. The lowest BCUT2D eigenvalue weighted by Gasteiger charge is -2.26. The van der Waals surface area contributed by atoms with Gasteiger partial charge in [0.2, 0.25) is 15.9 Å². The predicted octanol–water partition coefficient (Wildman–Crippen LogP) is -0.606. The third-order valence-electron chi connectivity index (χ3n) is 2.37. The first kappa shape index (κ1) is 14.7. The number of ether oxygens (including phenoxy) is 1. The molecule has 1 aliphatic rings. The van der Waals surface area contributed by atoms with Crippen LogP contribution in [0.15, 0.2) is 0 Å². The summed E-state index contributed by atoms with van der Waals surface area (Å²) in [6, 6.07) is 0. The molecule has 0 radical (unpaired) electrons. The highest BCUT2D eigenvalue weighted by Gasteiger charge is 2.17. The molecule has 1 fully saturated rings. The summed E-state index contributed by atoms with van der Waals surface area (Å²) < 4.78 is 30.0. The van der Waals surface area contributed by atoms with Crippen LogP contribution in [-0.2, 0) is 19.6 Å². The number of hydrogen-bond donors (Lipinski definition) is 1. The Labute approximate surface area is 106 Å². The number of halogens is 1. The van der Waals surface area contributed by atoms with Crippen LogP contribution in [0.25, 0.3) is 0 Å². The lowest BCUT2D eigenvalue weighted by atomic mass is 10.3. The number of nitrogens with zero attached hydrogens (tertiary/aromatic N) is 1. The predicted molar refractivity (Wildman–Crippen MR) is 64.5 cm³/mol. The second-order valence-electron chi connectivity index (χ2n) is 3.65. The van der Waals surface area contributed by atoms with E-state index in [0.717, 1.165) is 0 Å². The molecule has 0 aromatic heterocycles. The van der Waals surface area contributed by atoms with E-state index in [1.54, 1.807) is 4.90 Å². The van der Waals surface area contributed by atoms with Gasteiger partial charge in [-0.3, -0.25) is 4.79 Å². The Morgan fingerprint density at radius 1 is 1.35 bits per heavy atom. The summed E-state index contributed by atoms with van der Waals surface area (Å²) in [5.41, 5.74) is 0. The van der Waals surface area contributed by atoms with Crippen LogP contribution < -0.4 is 4.72 Å². The van der Waals surface area contributed by atoms with Crippen molar-refractivity contribution in [2.75, 3.05) is 44.5 Å². The topological polar surface area (TPSA) is 75.7 Å². The quantitative estimate of drug-likeness (QED) is 0.661. The lowest BCUT2D eigenvalue weighted by Crippen LogP contribution is -2.42. The van der Waals surface area contributed by atoms with Crippen LogP contribution in [0.4, 0.5) is 0 Å². The fourth-order valence-corrected chi connectivity index (χ4v) is 2.83. The van der Waals surface area contributed by atoms with Crippen LogP contribution in [0.2, 0.25) is 0 Å². The minimum atomic E-state index is -3.34. The van der Waals surface area contributed by atoms with Crippen LogP contribution in [-0.4, -0.2) is 63.7 Å². The molecule has 17 heavy (non-hydrogen) atoms. The van der Waals surface area contributed by atoms with E-state index in [-0.39, 0.29) is 30.5 Å². The fraction of sp³-hybridized carbons (Fsp3) is 0.889. The molecule has 0 bridgehead atoms. The van der Waals surface area contributed by atoms with Crippen LogP contribution >= 0.6 is 11.6 Å². The van der Waals surface area contributed by atoms with E-state index in [1.807, 2.05) is 0 Å². The van der Waals surface area contributed by atoms with Crippen LogP contribution in [0.5, 0.6) is 0 Å². The molecule has 1 saturated heterocycles. The average Bonchev–Trinajstić information content (AvgIpc) is 2.29. The highest BCUT2D eigenvalue weighted by atomic mass is 35.5. The maximum absolute atomic E-state index is 11.7. The molecule has 1 heterocycles.